The number of amides is 2. The Morgan fingerprint density at radius 2 is 1.76 bits per heavy atom. The predicted octanol–water partition coefficient (Wildman–Crippen LogP) is 2.70. The maximum atomic E-state index is 13.0. The number of likely N-dealkylation sites (tertiary alicyclic amines) is 2. The Kier molecular flexibility index (Phi) is 3.84. The molecule has 1 N–H and O–H groups in total. The van der Waals surface area contributed by atoms with Crippen LogP contribution in [0, 0.1) is 5.92 Å². The number of hydrogen-bond acceptors (Lipinski definition) is 2. The van der Waals surface area contributed by atoms with Gasteiger partial charge < -0.3 is 14.9 Å². The van der Waals surface area contributed by atoms with E-state index in [-0.39, 0.29) is 6.03 Å². The summed E-state index contributed by atoms with van der Waals surface area (Å²) in [6.45, 7) is 3.07. The summed E-state index contributed by atoms with van der Waals surface area (Å²) >= 11 is 0. The lowest BCUT2D eigenvalue weighted by Gasteiger charge is -2.46. The average molecular weight is 294 g/mol. The molecule has 0 radical (unpaired) electrons. The van der Waals surface area contributed by atoms with Crippen LogP contribution in [0.1, 0.15) is 58.3 Å². The number of fused-ring (bicyclic) bond motifs is 1. The molecule has 0 bridgehead atoms. The largest absolute Gasteiger partial charge is 0.480 e. The molecule has 0 aromatic heterocycles. The van der Waals surface area contributed by atoms with Gasteiger partial charge in [-0.25, -0.2) is 9.59 Å². The van der Waals surface area contributed by atoms with Gasteiger partial charge in [0.05, 0.1) is 0 Å². The zero-order chi connectivity index (χ0) is 15.0. The fraction of sp³-hybridized carbons (Fsp3) is 0.875. The number of aliphatic carboxylic acids is 1. The molecule has 2 amide bonds. The highest BCUT2D eigenvalue weighted by molar-refractivity contribution is 5.86. The minimum atomic E-state index is -1.02. The van der Waals surface area contributed by atoms with Crippen molar-refractivity contribution < 1.29 is 14.7 Å². The third kappa shape index (κ3) is 2.40. The smallest absolute Gasteiger partial charge is 0.329 e. The van der Waals surface area contributed by atoms with Crippen LogP contribution in [0.2, 0.25) is 0 Å². The zero-order valence-corrected chi connectivity index (χ0v) is 12.9. The second-order valence-corrected chi connectivity index (χ2v) is 7.06. The molecule has 3 fully saturated rings. The van der Waals surface area contributed by atoms with Crippen LogP contribution in [0.3, 0.4) is 0 Å². The number of piperidine rings is 1. The molecule has 1 saturated carbocycles. The lowest BCUT2D eigenvalue weighted by atomic mass is 9.78. The van der Waals surface area contributed by atoms with Gasteiger partial charge in [0, 0.05) is 19.1 Å². The van der Waals surface area contributed by atoms with Gasteiger partial charge in [0.1, 0.15) is 5.54 Å². The van der Waals surface area contributed by atoms with Gasteiger partial charge in [0.15, 0.2) is 0 Å². The minimum absolute atomic E-state index is 0.0333. The molecule has 5 heteroatoms. The predicted molar refractivity (Wildman–Crippen MR) is 79.1 cm³/mol. The molecule has 21 heavy (non-hydrogen) atoms. The zero-order valence-electron chi connectivity index (χ0n) is 12.9. The Bertz CT molecular complexity index is 437. The number of urea groups is 1. The van der Waals surface area contributed by atoms with E-state index in [1.807, 2.05) is 4.90 Å². The van der Waals surface area contributed by atoms with Gasteiger partial charge in [-0.15, -0.1) is 0 Å². The fourth-order valence-electron chi connectivity index (χ4n) is 4.51. The number of carbonyl (C=O) groups excluding carboxylic acids is 1. The standard InChI is InChI=1S/C16H26N2O3/c1-16(14(19)20)9-5-11-18(16)15(21)17-10-4-7-12-6-2-3-8-13(12)17/h12-13H,2-11H2,1H3,(H,19,20). The van der Waals surface area contributed by atoms with Gasteiger partial charge in [-0.1, -0.05) is 12.8 Å². The molecular weight excluding hydrogens is 268 g/mol. The maximum absolute atomic E-state index is 13.0. The molecule has 3 unspecified atom stereocenters. The van der Waals surface area contributed by atoms with Crippen molar-refractivity contribution in [3.05, 3.63) is 0 Å². The summed E-state index contributed by atoms with van der Waals surface area (Å²) in [5, 5.41) is 9.51. The molecule has 1 aliphatic carbocycles. The first-order valence-corrected chi connectivity index (χ1v) is 8.35. The third-order valence-electron chi connectivity index (χ3n) is 5.82. The summed E-state index contributed by atoms with van der Waals surface area (Å²) in [7, 11) is 0. The second kappa shape index (κ2) is 5.50. The van der Waals surface area contributed by atoms with E-state index in [0.717, 1.165) is 25.8 Å². The molecule has 2 aliphatic heterocycles. The van der Waals surface area contributed by atoms with E-state index in [9.17, 15) is 14.7 Å². The summed E-state index contributed by atoms with van der Waals surface area (Å²) in [6.07, 6.45) is 8.43. The molecule has 0 aromatic rings. The van der Waals surface area contributed by atoms with Gasteiger partial charge in [-0.05, 0) is 51.4 Å². The van der Waals surface area contributed by atoms with Gasteiger partial charge >= 0.3 is 12.0 Å². The van der Waals surface area contributed by atoms with Crippen molar-refractivity contribution in [3.8, 4) is 0 Å². The van der Waals surface area contributed by atoms with E-state index in [2.05, 4.69) is 0 Å². The number of nitrogens with zero attached hydrogens (tertiary/aromatic N) is 2. The van der Waals surface area contributed by atoms with E-state index < -0.39 is 11.5 Å². The quantitative estimate of drug-likeness (QED) is 0.809. The van der Waals surface area contributed by atoms with Crippen molar-refractivity contribution in [3.63, 3.8) is 0 Å². The van der Waals surface area contributed by atoms with Crippen molar-refractivity contribution >= 4 is 12.0 Å². The summed E-state index contributed by atoms with van der Waals surface area (Å²) in [5.41, 5.74) is -1.02. The molecule has 5 nitrogen and oxygen atoms in total. The van der Waals surface area contributed by atoms with E-state index in [1.54, 1.807) is 11.8 Å². The van der Waals surface area contributed by atoms with Crippen LogP contribution in [0.5, 0.6) is 0 Å². The SMILES string of the molecule is CC1(C(=O)O)CCCN1C(=O)N1CCCC2CCCCC21. The van der Waals surface area contributed by atoms with Crippen LogP contribution < -0.4 is 0 Å². The molecule has 2 heterocycles. The van der Waals surface area contributed by atoms with Crippen molar-refractivity contribution in [2.24, 2.45) is 5.92 Å². The number of carboxylic acids is 1. The van der Waals surface area contributed by atoms with Crippen LogP contribution in [-0.4, -0.2) is 51.6 Å². The topological polar surface area (TPSA) is 60.9 Å². The Balaban J connectivity index is 1.79. The molecule has 0 spiro atoms. The summed E-state index contributed by atoms with van der Waals surface area (Å²) in [5.74, 6) is -0.235. The third-order valence-corrected chi connectivity index (χ3v) is 5.82. The van der Waals surface area contributed by atoms with Crippen LogP contribution >= 0.6 is 0 Å². The molecule has 0 aromatic carbocycles. The Hall–Kier alpha value is -1.26. The lowest BCUT2D eigenvalue weighted by Crippen LogP contribution is -2.59. The molecule has 3 aliphatic rings. The van der Waals surface area contributed by atoms with E-state index >= 15 is 0 Å². The Labute approximate surface area is 126 Å². The molecule has 2 saturated heterocycles. The Morgan fingerprint density at radius 3 is 2.52 bits per heavy atom. The normalized spacial score (nSPS) is 36.4. The van der Waals surface area contributed by atoms with Gasteiger partial charge in [-0.3, -0.25) is 0 Å². The van der Waals surface area contributed by atoms with Crippen LogP contribution in [0.4, 0.5) is 4.79 Å². The van der Waals surface area contributed by atoms with Crippen molar-refractivity contribution in [2.75, 3.05) is 13.1 Å². The molecular formula is C16H26N2O3. The number of rotatable bonds is 1. The van der Waals surface area contributed by atoms with Gasteiger partial charge in [-0.2, -0.15) is 0 Å². The van der Waals surface area contributed by atoms with Crippen molar-refractivity contribution in [1.29, 1.82) is 0 Å². The van der Waals surface area contributed by atoms with E-state index in [4.69, 9.17) is 0 Å². The molecule has 118 valence electrons. The Morgan fingerprint density at radius 1 is 1.05 bits per heavy atom. The minimum Gasteiger partial charge on any atom is -0.480 e. The van der Waals surface area contributed by atoms with Crippen molar-refractivity contribution in [2.45, 2.75) is 69.9 Å². The summed E-state index contributed by atoms with van der Waals surface area (Å²) < 4.78 is 0. The van der Waals surface area contributed by atoms with Gasteiger partial charge in [0.2, 0.25) is 0 Å². The molecule has 3 atom stereocenters. The summed E-state index contributed by atoms with van der Waals surface area (Å²) in [6, 6.07) is 0.313. The maximum Gasteiger partial charge on any atom is 0.329 e. The van der Waals surface area contributed by atoms with Gasteiger partial charge in [0.25, 0.3) is 0 Å². The number of hydrogen-bond donors (Lipinski definition) is 1. The molecule has 3 rings (SSSR count). The second-order valence-electron chi connectivity index (χ2n) is 7.06. The lowest BCUT2D eigenvalue weighted by molar-refractivity contribution is -0.147. The van der Waals surface area contributed by atoms with Crippen LogP contribution in [-0.2, 0) is 4.79 Å². The first-order valence-electron chi connectivity index (χ1n) is 8.35. The highest BCUT2D eigenvalue weighted by Crippen LogP contribution is 2.38. The monoisotopic (exact) mass is 294 g/mol. The fourth-order valence-corrected chi connectivity index (χ4v) is 4.51. The highest BCUT2D eigenvalue weighted by atomic mass is 16.4. The number of carboxylic acid groups (broad SMARTS) is 1. The van der Waals surface area contributed by atoms with E-state index in [1.165, 1.54) is 25.7 Å². The van der Waals surface area contributed by atoms with Crippen molar-refractivity contribution in [1.82, 2.24) is 9.80 Å². The van der Waals surface area contributed by atoms with Crippen LogP contribution in [0.15, 0.2) is 0 Å². The first kappa shape index (κ1) is 14.7. The first-order chi connectivity index (χ1) is 10.0. The summed E-state index contributed by atoms with van der Waals surface area (Å²) in [4.78, 5) is 28.2. The average Bonchev–Trinajstić information content (AvgIpc) is 2.89. The number of carbonyl (C=O) groups is 2. The van der Waals surface area contributed by atoms with E-state index in [0.29, 0.717) is 24.9 Å². The highest BCUT2D eigenvalue weighted by Gasteiger charge is 2.49. The van der Waals surface area contributed by atoms with Crippen LogP contribution in [0.25, 0.3) is 0 Å².